The van der Waals surface area contributed by atoms with Crippen molar-refractivity contribution in [3.63, 3.8) is 0 Å². The molecule has 0 radical (unpaired) electrons. The summed E-state index contributed by atoms with van der Waals surface area (Å²) in [6.45, 7) is 3.46. The van der Waals surface area contributed by atoms with Crippen molar-refractivity contribution in [3.05, 3.63) is 12.7 Å². The van der Waals surface area contributed by atoms with Gasteiger partial charge in [-0.3, -0.25) is 0 Å². The van der Waals surface area contributed by atoms with E-state index in [1.165, 1.54) is 0 Å². The first-order chi connectivity index (χ1) is 2.77. The van der Waals surface area contributed by atoms with E-state index >= 15 is 0 Å². The third kappa shape index (κ3) is 4.98. The van der Waals surface area contributed by atoms with Crippen LogP contribution in [0.5, 0.6) is 0 Å². The first-order valence-electron chi connectivity index (χ1n) is 1.28. The fourth-order valence-electron chi connectivity index (χ4n) is 0.0690. The standard InChI is InChI=1S/C3H5.2ClH.Pd/c1-3-2;;;/h3H,1-2H2;2*1H;/q;;;+1/p-2. The number of halogens is 2. The Kier molecular flexibility index (Phi) is 4.83. The summed E-state index contributed by atoms with van der Waals surface area (Å²) in [7, 11) is 10.8. The van der Waals surface area contributed by atoms with E-state index in [1.807, 2.05) is 0 Å². The molecule has 0 atom stereocenters. The molecule has 0 bridgehead atoms. The summed E-state index contributed by atoms with van der Waals surface area (Å²) in [6, 6.07) is 0. The normalized spacial score (nSPS) is 10.7. The molecule has 0 aliphatic carbocycles. The Labute approximate surface area is 51.4 Å². The molecule has 0 saturated heterocycles. The van der Waals surface area contributed by atoms with Gasteiger partial charge in [0.25, 0.3) is 0 Å². The first kappa shape index (κ1) is 6.98. The molecule has 0 aliphatic heterocycles. The Balaban J connectivity index is 2.81. The summed E-state index contributed by atoms with van der Waals surface area (Å²) < 4.78 is 0. The van der Waals surface area contributed by atoms with Gasteiger partial charge in [-0.2, -0.15) is 0 Å². The summed E-state index contributed by atoms with van der Waals surface area (Å²) in [5.74, 6) is 0. The molecule has 0 amide bonds. The van der Waals surface area contributed by atoms with Crippen LogP contribution in [0.15, 0.2) is 12.7 Å². The zero-order valence-corrected chi connectivity index (χ0v) is 6.13. The van der Waals surface area contributed by atoms with Crippen LogP contribution in [-0.2, 0) is 14.7 Å². The van der Waals surface area contributed by atoms with Gasteiger partial charge in [-0.15, -0.1) is 0 Å². The predicted molar refractivity (Wildman–Crippen MR) is 26.7 cm³/mol. The van der Waals surface area contributed by atoms with Crippen molar-refractivity contribution >= 4 is 19.1 Å². The number of rotatable bonds is 2. The molecule has 0 aromatic carbocycles. The van der Waals surface area contributed by atoms with Crippen LogP contribution >= 0.6 is 19.1 Å². The summed E-state index contributed by atoms with van der Waals surface area (Å²) in [5, 5.41) is 0. The average molecular weight is 218 g/mol. The van der Waals surface area contributed by atoms with Crippen molar-refractivity contribution in [1.29, 1.82) is 0 Å². The molecule has 0 N–H and O–H groups in total. The predicted octanol–water partition coefficient (Wildman–Crippen LogP) is 2.52. The summed E-state index contributed by atoms with van der Waals surface area (Å²) >= 11 is -1.17. The van der Waals surface area contributed by atoms with Gasteiger partial charge in [-0.25, -0.2) is 0 Å². The first-order valence-corrected chi connectivity index (χ1v) is 6.38. The average Bonchev–Trinajstić information content (AvgIpc) is 1.35. The Morgan fingerprint density at radius 3 is 2.17 bits per heavy atom. The zero-order valence-electron chi connectivity index (χ0n) is 3.06. The summed E-state index contributed by atoms with van der Waals surface area (Å²) in [5.41, 5.74) is 0. The second-order valence-electron chi connectivity index (χ2n) is 0.632. The van der Waals surface area contributed by atoms with Gasteiger partial charge in [0.05, 0.1) is 0 Å². The Hall–Kier alpha value is 0.982. The Bertz CT molecular complexity index is 44.1. The van der Waals surface area contributed by atoms with Gasteiger partial charge in [-0.05, 0) is 0 Å². The minimum atomic E-state index is -1.17. The van der Waals surface area contributed by atoms with E-state index in [1.54, 1.807) is 6.08 Å². The van der Waals surface area contributed by atoms with Crippen molar-refractivity contribution in [2.24, 2.45) is 0 Å². The fourth-order valence-corrected chi connectivity index (χ4v) is 1.22. The van der Waals surface area contributed by atoms with Crippen molar-refractivity contribution in [2.45, 2.75) is 4.89 Å². The van der Waals surface area contributed by atoms with E-state index in [9.17, 15) is 0 Å². The zero-order chi connectivity index (χ0) is 4.99. The van der Waals surface area contributed by atoms with Crippen LogP contribution in [0.1, 0.15) is 0 Å². The van der Waals surface area contributed by atoms with E-state index in [-0.39, 0.29) is 0 Å². The van der Waals surface area contributed by atoms with Crippen LogP contribution in [0.3, 0.4) is 0 Å². The molecular formula is C3H5Cl2Pd-. The van der Waals surface area contributed by atoms with E-state index < -0.39 is 14.7 Å². The maximum atomic E-state index is 5.39. The molecule has 0 rings (SSSR count). The van der Waals surface area contributed by atoms with Gasteiger partial charge >= 0.3 is 51.3 Å². The second kappa shape index (κ2) is 4.15. The monoisotopic (exact) mass is 217 g/mol. The van der Waals surface area contributed by atoms with Crippen LogP contribution < -0.4 is 0 Å². The molecule has 0 aromatic rings. The Morgan fingerprint density at radius 1 is 1.67 bits per heavy atom. The second-order valence-corrected chi connectivity index (χ2v) is 6.46. The van der Waals surface area contributed by atoms with Crippen molar-refractivity contribution in [2.75, 3.05) is 0 Å². The molecule has 3 heteroatoms. The third-order valence-electron chi connectivity index (χ3n) is 0.189. The van der Waals surface area contributed by atoms with Crippen LogP contribution in [0.25, 0.3) is 0 Å². The molecule has 0 fully saturated rings. The molecule has 0 nitrogen and oxygen atoms in total. The van der Waals surface area contributed by atoms with E-state index in [2.05, 4.69) is 6.58 Å². The maximum absolute atomic E-state index is 5.39. The number of allylic oxidation sites excluding steroid dienone is 1. The van der Waals surface area contributed by atoms with E-state index in [0.717, 1.165) is 4.89 Å². The van der Waals surface area contributed by atoms with Crippen LogP contribution in [-0.4, -0.2) is 0 Å². The molecule has 42 valence electrons. The van der Waals surface area contributed by atoms with Crippen molar-refractivity contribution in [3.8, 4) is 0 Å². The van der Waals surface area contributed by atoms with Crippen molar-refractivity contribution in [1.82, 2.24) is 0 Å². The molecule has 0 aliphatic rings. The third-order valence-corrected chi connectivity index (χ3v) is 2.27. The number of hydrogen-bond acceptors (Lipinski definition) is 0. The SMILES string of the molecule is C=C[CH2][Pd-]([Cl])[Cl]. The van der Waals surface area contributed by atoms with Gasteiger partial charge in [0.2, 0.25) is 0 Å². The summed E-state index contributed by atoms with van der Waals surface area (Å²) in [4.78, 5) is 0.786. The van der Waals surface area contributed by atoms with Gasteiger partial charge in [0, 0.05) is 0 Å². The molecule has 0 saturated carbocycles. The topological polar surface area (TPSA) is 0 Å². The van der Waals surface area contributed by atoms with Gasteiger partial charge in [-0.1, -0.05) is 0 Å². The quantitative estimate of drug-likeness (QED) is 0.493. The molecule has 0 heterocycles. The molecule has 0 unspecified atom stereocenters. The molecule has 0 spiro atoms. The Morgan fingerprint density at radius 2 is 2.17 bits per heavy atom. The van der Waals surface area contributed by atoms with Crippen LogP contribution in [0.4, 0.5) is 0 Å². The van der Waals surface area contributed by atoms with E-state index in [4.69, 9.17) is 19.1 Å². The number of hydrogen-bond donors (Lipinski definition) is 0. The van der Waals surface area contributed by atoms with Gasteiger partial charge in [0.1, 0.15) is 0 Å². The molecule has 0 aromatic heterocycles. The van der Waals surface area contributed by atoms with Gasteiger partial charge < -0.3 is 0 Å². The fraction of sp³-hybridized carbons (Fsp3) is 0.333. The minimum absolute atomic E-state index is 0.786. The van der Waals surface area contributed by atoms with Crippen LogP contribution in [0.2, 0.25) is 4.89 Å². The van der Waals surface area contributed by atoms with Crippen LogP contribution in [0, 0.1) is 0 Å². The van der Waals surface area contributed by atoms with Crippen molar-refractivity contribution < 1.29 is 14.7 Å². The summed E-state index contributed by atoms with van der Waals surface area (Å²) in [6.07, 6.45) is 1.74. The molecular weight excluding hydrogens is 213 g/mol. The molecule has 6 heavy (non-hydrogen) atoms. The van der Waals surface area contributed by atoms with Gasteiger partial charge in [0.15, 0.2) is 0 Å². The van der Waals surface area contributed by atoms with E-state index in [0.29, 0.717) is 0 Å².